The van der Waals surface area contributed by atoms with Gasteiger partial charge in [0.05, 0.1) is 25.1 Å². The summed E-state index contributed by atoms with van der Waals surface area (Å²) in [5.41, 5.74) is 2.35. The Balaban J connectivity index is 2.10. The first-order chi connectivity index (χ1) is 12.2. The summed E-state index contributed by atoms with van der Waals surface area (Å²) in [4.78, 5) is 14.8. The van der Waals surface area contributed by atoms with Gasteiger partial charge in [-0.3, -0.25) is 4.79 Å². The van der Waals surface area contributed by atoms with E-state index < -0.39 is 0 Å². The van der Waals surface area contributed by atoms with Crippen molar-refractivity contribution >= 4 is 12.4 Å². The number of carbonyl (C=O) groups excluding carboxylic acids is 1. The van der Waals surface area contributed by atoms with Gasteiger partial charge >= 0.3 is 0 Å². The van der Waals surface area contributed by atoms with Crippen LogP contribution in [0.1, 0.15) is 17.0 Å². The standard InChI is InChI=1S/C19H17NO5/c1-13-11-14(5-3-8-21)17(15-6-4-9-23-15)19(22-2)18(13)25-12-16-20-7-10-24-16/h3-11H,12H2,1-2H3. The fourth-order valence-electron chi connectivity index (χ4n) is 2.58. The molecule has 6 heteroatoms. The lowest BCUT2D eigenvalue weighted by Crippen LogP contribution is -2.02. The molecule has 0 aliphatic carbocycles. The van der Waals surface area contributed by atoms with Gasteiger partial charge in [0.15, 0.2) is 18.1 Å². The van der Waals surface area contributed by atoms with E-state index in [1.165, 1.54) is 12.3 Å². The minimum absolute atomic E-state index is 0.172. The van der Waals surface area contributed by atoms with E-state index in [0.717, 1.165) is 17.4 Å². The number of hydrogen-bond donors (Lipinski definition) is 0. The lowest BCUT2D eigenvalue weighted by atomic mass is 9.99. The monoisotopic (exact) mass is 339 g/mol. The van der Waals surface area contributed by atoms with Crippen molar-refractivity contribution in [2.75, 3.05) is 7.11 Å². The zero-order chi connectivity index (χ0) is 17.6. The molecule has 0 atom stereocenters. The number of hydrogen-bond acceptors (Lipinski definition) is 6. The van der Waals surface area contributed by atoms with Crippen molar-refractivity contribution in [3.63, 3.8) is 0 Å². The summed E-state index contributed by atoms with van der Waals surface area (Å²) in [6, 6.07) is 5.52. The van der Waals surface area contributed by atoms with Crippen LogP contribution in [0.25, 0.3) is 17.4 Å². The highest BCUT2D eigenvalue weighted by Crippen LogP contribution is 2.44. The number of allylic oxidation sites excluding steroid dienone is 1. The van der Waals surface area contributed by atoms with Crippen molar-refractivity contribution < 1.29 is 23.1 Å². The lowest BCUT2D eigenvalue weighted by molar-refractivity contribution is -0.104. The summed E-state index contributed by atoms with van der Waals surface area (Å²) in [6.45, 7) is 2.07. The zero-order valence-corrected chi connectivity index (χ0v) is 13.9. The molecule has 0 saturated heterocycles. The highest BCUT2D eigenvalue weighted by Gasteiger charge is 2.21. The maximum atomic E-state index is 10.7. The third-order valence-corrected chi connectivity index (χ3v) is 3.60. The number of ether oxygens (including phenoxy) is 2. The maximum Gasteiger partial charge on any atom is 0.232 e. The maximum absolute atomic E-state index is 10.7. The van der Waals surface area contributed by atoms with E-state index in [4.69, 9.17) is 18.3 Å². The van der Waals surface area contributed by atoms with E-state index in [1.807, 2.05) is 19.1 Å². The van der Waals surface area contributed by atoms with Crippen LogP contribution in [0.2, 0.25) is 0 Å². The summed E-state index contributed by atoms with van der Waals surface area (Å²) in [5.74, 6) is 2.16. The van der Waals surface area contributed by atoms with Gasteiger partial charge in [-0.15, -0.1) is 0 Å². The fraction of sp³-hybridized carbons (Fsp3) is 0.158. The third kappa shape index (κ3) is 3.47. The molecule has 0 saturated carbocycles. The van der Waals surface area contributed by atoms with Gasteiger partial charge in [-0.05, 0) is 42.3 Å². The number of benzene rings is 1. The molecule has 0 fully saturated rings. The Kier molecular flexibility index (Phi) is 4.99. The van der Waals surface area contributed by atoms with Gasteiger partial charge < -0.3 is 18.3 Å². The Hall–Kier alpha value is -3.28. The van der Waals surface area contributed by atoms with E-state index in [0.29, 0.717) is 28.7 Å². The number of carbonyl (C=O) groups is 1. The van der Waals surface area contributed by atoms with Crippen molar-refractivity contribution in [2.45, 2.75) is 13.5 Å². The van der Waals surface area contributed by atoms with Crippen molar-refractivity contribution in [1.29, 1.82) is 0 Å². The minimum atomic E-state index is 0.172. The van der Waals surface area contributed by atoms with Crippen LogP contribution in [0, 0.1) is 6.92 Å². The first kappa shape index (κ1) is 16.6. The molecule has 0 bridgehead atoms. The van der Waals surface area contributed by atoms with Crippen LogP contribution < -0.4 is 9.47 Å². The van der Waals surface area contributed by atoms with Crippen LogP contribution in [0.3, 0.4) is 0 Å². The number of aromatic nitrogens is 1. The molecule has 2 aromatic heterocycles. The molecule has 2 heterocycles. The van der Waals surface area contributed by atoms with E-state index in [2.05, 4.69) is 4.98 Å². The molecule has 0 unspecified atom stereocenters. The van der Waals surface area contributed by atoms with Crippen molar-refractivity contribution in [1.82, 2.24) is 4.98 Å². The van der Waals surface area contributed by atoms with Gasteiger partial charge in [-0.1, -0.05) is 6.08 Å². The smallest absolute Gasteiger partial charge is 0.232 e. The highest BCUT2D eigenvalue weighted by atomic mass is 16.5. The fourth-order valence-corrected chi connectivity index (χ4v) is 2.58. The number of furan rings is 1. The van der Waals surface area contributed by atoms with Crippen LogP contribution in [-0.4, -0.2) is 18.4 Å². The van der Waals surface area contributed by atoms with E-state index in [-0.39, 0.29) is 6.61 Å². The molecule has 0 aliphatic heterocycles. The second kappa shape index (κ2) is 7.53. The molecule has 0 spiro atoms. The molecule has 25 heavy (non-hydrogen) atoms. The summed E-state index contributed by atoms with van der Waals surface area (Å²) in [7, 11) is 1.56. The third-order valence-electron chi connectivity index (χ3n) is 3.60. The van der Waals surface area contributed by atoms with Gasteiger partial charge in [0.25, 0.3) is 0 Å². The molecule has 3 aromatic rings. The Morgan fingerprint density at radius 2 is 2.12 bits per heavy atom. The second-order valence-corrected chi connectivity index (χ2v) is 5.21. The SMILES string of the molecule is COc1c(OCc2ncco2)c(C)cc(C=CC=O)c1-c1ccco1. The summed E-state index contributed by atoms with van der Waals surface area (Å²) in [5, 5.41) is 0. The van der Waals surface area contributed by atoms with E-state index in [1.54, 1.807) is 31.7 Å². The quantitative estimate of drug-likeness (QED) is 0.478. The summed E-state index contributed by atoms with van der Waals surface area (Å²) >= 11 is 0. The normalized spacial score (nSPS) is 11.0. The Bertz CT molecular complexity index is 864. The number of nitrogens with zero attached hydrogens (tertiary/aromatic N) is 1. The molecule has 6 nitrogen and oxygen atoms in total. The highest BCUT2D eigenvalue weighted by molar-refractivity contribution is 5.85. The molecule has 0 N–H and O–H groups in total. The number of methoxy groups -OCH3 is 1. The Morgan fingerprint density at radius 1 is 1.24 bits per heavy atom. The minimum Gasteiger partial charge on any atom is -0.492 e. The van der Waals surface area contributed by atoms with Gasteiger partial charge in [0.2, 0.25) is 5.89 Å². The molecule has 3 rings (SSSR count). The first-order valence-electron chi connectivity index (χ1n) is 7.63. The topological polar surface area (TPSA) is 74.7 Å². The molecule has 128 valence electrons. The summed E-state index contributed by atoms with van der Waals surface area (Å²) < 4.78 is 22.2. The van der Waals surface area contributed by atoms with Crippen LogP contribution >= 0.6 is 0 Å². The number of oxazole rings is 1. The van der Waals surface area contributed by atoms with Gasteiger partial charge in [-0.2, -0.15) is 0 Å². The molecule has 0 aliphatic rings. The Morgan fingerprint density at radius 3 is 2.76 bits per heavy atom. The van der Waals surface area contributed by atoms with Gasteiger partial charge in [0.1, 0.15) is 18.3 Å². The zero-order valence-electron chi connectivity index (χ0n) is 13.9. The van der Waals surface area contributed by atoms with E-state index in [9.17, 15) is 4.79 Å². The average Bonchev–Trinajstić information content (AvgIpc) is 3.31. The van der Waals surface area contributed by atoms with Crippen molar-refractivity contribution in [3.05, 3.63) is 60.0 Å². The van der Waals surface area contributed by atoms with Crippen molar-refractivity contribution in [3.8, 4) is 22.8 Å². The van der Waals surface area contributed by atoms with Gasteiger partial charge in [0, 0.05) is 0 Å². The first-order valence-corrected chi connectivity index (χ1v) is 7.63. The molecular formula is C19H17NO5. The van der Waals surface area contributed by atoms with Gasteiger partial charge in [-0.25, -0.2) is 4.98 Å². The number of rotatable bonds is 7. The largest absolute Gasteiger partial charge is 0.492 e. The summed E-state index contributed by atoms with van der Waals surface area (Å²) in [6.07, 6.45) is 8.48. The molecule has 0 amide bonds. The second-order valence-electron chi connectivity index (χ2n) is 5.21. The van der Waals surface area contributed by atoms with Crippen LogP contribution in [0.15, 0.2) is 51.8 Å². The van der Waals surface area contributed by atoms with Crippen LogP contribution in [-0.2, 0) is 11.4 Å². The molecule has 1 aromatic carbocycles. The Labute approximate surface area is 144 Å². The average molecular weight is 339 g/mol. The number of aldehydes is 1. The predicted octanol–water partition coefficient (Wildman–Crippen LogP) is 4.04. The lowest BCUT2D eigenvalue weighted by Gasteiger charge is -2.17. The predicted molar refractivity (Wildman–Crippen MR) is 91.4 cm³/mol. The van der Waals surface area contributed by atoms with Crippen LogP contribution in [0.5, 0.6) is 11.5 Å². The van der Waals surface area contributed by atoms with E-state index >= 15 is 0 Å². The molecular weight excluding hydrogens is 322 g/mol. The number of aryl methyl sites for hydroxylation is 1. The molecule has 0 radical (unpaired) electrons. The van der Waals surface area contributed by atoms with Crippen molar-refractivity contribution in [2.24, 2.45) is 0 Å². The van der Waals surface area contributed by atoms with Crippen LogP contribution in [0.4, 0.5) is 0 Å².